The second-order valence-electron chi connectivity index (χ2n) is 5.89. The van der Waals surface area contributed by atoms with Crippen LogP contribution in [-0.4, -0.2) is 16.0 Å². The van der Waals surface area contributed by atoms with Gasteiger partial charge in [-0.1, -0.05) is 26.2 Å². The largest absolute Gasteiger partial charge is 0.399 e. The number of aromatic amines is 1. The molecule has 1 heterocycles. The Labute approximate surface area is 124 Å². The van der Waals surface area contributed by atoms with Crippen molar-refractivity contribution < 1.29 is 0 Å². The summed E-state index contributed by atoms with van der Waals surface area (Å²) in [6.07, 6.45) is 6.09. The summed E-state index contributed by atoms with van der Waals surface area (Å²) < 4.78 is 0. The molecule has 1 aliphatic rings. The highest BCUT2D eigenvalue weighted by atomic mass is 16.1. The Bertz CT molecular complexity index is 694. The topological polar surface area (TPSA) is 83.8 Å². The van der Waals surface area contributed by atoms with E-state index in [-0.39, 0.29) is 5.56 Å². The first-order chi connectivity index (χ1) is 10.2. The van der Waals surface area contributed by atoms with Gasteiger partial charge < -0.3 is 11.1 Å². The predicted molar refractivity (Wildman–Crippen MR) is 86.4 cm³/mol. The van der Waals surface area contributed by atoms with Gasteiger partial charge in [0.15, 0.2) is 0 Å². The van der Waals surface area contributed by atoms with Crippen molar-refractivity contribution in [3.8, 4) is 0 Å². The van der Waals surface area contributed by atoms with Crippen LogP contribution < -0.4 is 16.6 Å². The Morgan fingerprint density at radius 1 is 1.38 bits per heavy atom. The van der Waals surface area contributed by atoms with E-state index in [0.29, 0.717) is 34.5 Å². The number of nitrogens with one attached hydrogen (secondary N) is 2. The summed E-state index contributed by atoms with van der Waals surface area (Å²) in [5.74, 6) is 1.23. The van der Waals surface area contributed by atoms with Crippen molar-refractivity contribution in [3.63, 3.8) is 0 Å². The van der Waals surface area contributed by atoms with E-state index >= 15 is 0 Å². The first-order valence-corrected chi connectivity index (χ1v) is 7.73. The minimum absolute atomic E-state index is 0.140. The van der Waals surface area contributed by atoms with E-state index in [1.165, 1.54) is 19.3 Å². The Morgan fingerprint density at radius 3 is 3.00 bits per heavy atom. The lowest BCUT2D eigenvalue weighted by molar-refractivity contribution is 0.316. The van der Waals surface area contributed by atoms with E-state index in [1.54, 1.807) is 18.2 Å². The minimum Gasteiger partial charge on any atom is -0.399 e. The zero-order chi connectivity index (χ0) is 14.8. The highest BCUT2D eigenvalue weighted by Crippen LogP contribution is 2.28. The van der Waals surface area contributed by atoms with Crippen LogP contribution in [0.15, 0.2) is 23.0 Å². The molecule has 4 N–H and O–H groups in total. The maximum atomic E-state index is 12.2. The maximum absolute atomic E-state index is 12.2. The first kappa shape index (κ1) is 13.9. The van der Waals surface area contributed by atoms with Gasteiger partial charge in [-0.25, -0.2) is 4.98 Å². The first-order valence-electron chi connectivity index (χ1n) is 7.73. The van der Waals surface area contributed by atoms with Gasteiger partial charge in [0.2, 0.25) is 5.95 Å². The van der Waals surface area contributed by atoms with Crippen LogP contribution in [0.2, 0.25) is 0 Å². The Hall–Kier alpha value is -2.04. The molecule has 2 aromatic rings. The van der Waals surface area contributed by atoms with Crippen molar-refractivity contribution in [2.75, 3.05) is 11.1 Å². The van der Waals surface area contributed by atoms with Gasteiger partial charge in [-0.2, -0.15) is 0 Å². The third-order valence-corrected chi connectivity index (χ3v) is 4.48. The molecule has 0 amide bonds. The average Bonchev–Trinajstić information content (AvgIpc) is 2.49. The molecule has 0 radical (unpaired) electrons. The number of nitrogens with two attached hydrogens (primary N) is 1. The van der Waals surface area contributed by atoms with Crippen LogP contribution in [-0.2, 0) is 0 Å². The second-order valence-corrected chi connectivity index (χ2v) is 5.89. The van der Waals surface area contributed by atoms with E-state index in [0.717, 1.165) is 12.8 Å². The normalized spacial score (nSPS) is 22.3. The standard InChI is InChI=1S/C16H22N4O/c1-2-10-5-3-4-6-13(10)18-16-19-14-8-7-11(17)9-12(14)15(21)20-16/h7-10,13H,2-6,17H2,1H3,(H2,18,19,20,21). The number of rotatable bonds is 3. The number of hydrogen-bond acceptors (Lipinski definition) is 4. The smallest absolute Gasteiger partial charge is 0.260 e. The van der Waals surface area contributed by atoms with Crippen LogP contribution in [0.3, 0.4) is 0 Å². The van der Waals surface area contributed by atoms with E-state index in [1.807, 2.05) is 0 Å². The molecule has 0 spiro atoms. The average molecular weight is 286 g/mol. The fourth-order valence-corrected chi connectivity index (χ4v) is 3.29. The Kier molecular flexibility index (Phi) is 3.82. The molecule has 112 valence electrons. The molecular formula is C16H22N4O. The van der Waals surface area contributed by atoms with Crippen molar-refractivity contribution in [2.24, 2.45) is 5.92 Å². The summed E-state index contributed by atoms with van der Waals surface area (Å²) >= 11 is 0. The fourth-order valence-electron chi connectivity index (χ4n) is 3.29. The minimum atomic E-state index is -0.140. The Balaban J connectivity index is 1.90. The molecule has 0 aliphatic heterocycles. The summed E-state index contributed by atoms with van der Waals surface area (Å²) in [6.45, 7) is 2.23. The van der Waals surface area contributed by atoms with E-state index < -0.39 is 0 Å². The summed E-state index contributed by atoms with van der Waals surface area (Å²) in [4.78, 5) is 19.5. The molecule has 0 saturated heterocycles. The maximum Gasteiger partial charge on any atom is 0.260 e. The summed E-state index contributed by atoms with van der Waals surface area (Å²) in [5.41, 5.74) is 6.84. The highest BCUT2D eigenvalue weighted by molar-refractivity contribution is 5.81. The molecule has 2 unspecified atom stereocenters. The summed E-state index contributed by atoms with van der Waals surface area (Å²) in [5, 5.41) is 3.97. The quantitative estimate of drug-likeness (QED) is 0.757. The van der Waals surface area contributed by atoms with E-state index in [2.05, 4.69) is 22.2 Å². The lowest BCUT2D eigenvalue weighted by atomic mass is 9.83. The van der Waals surface area contributed by atoms with Gasteiger partial charge in [0.25, 0.3) is 5.56 Å². The lowest BCUT2D eigenvalue weighted by Crippen LogP contribution is -2.33. The van der Waals surface area contributed by atoms with E-state index in [4.69, 9.17) is 5.73 Å². The number of hydrogen-bond donors (Lipinski definition) is 3. The number of anilines is 2. The second kappa shape index (κ2) is 5.76. The number of H-pyrrole nitrogens is 1. The summed E-state index contributed by atoms with van der Waals surface area (Å²) in [7, 11) is 0. The zero-order valence-electron chi connectivity index (χ0n) is 12.4. The van der Waals surface area contributed by atoms with Crippen molar-refractivity contribution >= 4 is 22.5 Å². The van der Waals surface area contributed by atoms with Gasteiger partial charge in [0, 0.05) is 11.7 Å². The molecule has 5 nitrogen and oxygen atoms in total. The molecule has 2 atom stereocenters. The van der Waals surface area contributed by atoms with Gasteiger partial charge in [-0.3, -0.25) is 9.78 Å². The molecule has 1 saturated carbocycles. The zero-order valence-corrected chi connectivity index (χ0v) is 12.4. The monoisotopic (exact) mass is 286 g/mol. The van der Waals surface area contributed by atoms with Crippen molar-refractivity contribution in [1.29, 1.82) is 0 Å². The summed E-state index contributed by atoms with van der Waals surface area (Å²) in [6, 6.07) is 5.63. The molecule has 1 aliphatic carbocycles. The third kappa shape index (κ3) is 2.86. The van der Waals surface area contributed by atoms with Crippen molar-refractivity contribution in [2.45, 2.75) is 45.1 Å². The van der Waals surface area contributed by atoms with Gasteiger partial charge in [-0.15, -0.1) is 0 Å². The number of benzene rings is 1. The van der Waals surface area contributed by atoms with Crippen LogP contribution in [0, 0.1) is 5.92 Å². The van der Waals surface area contributed by atoms with Crippen LogP contribution in [0.5, 0.6) is 0 Å². The molecule has 1 aromatic carbocycles. The van der Waals surface area contributed by atoms with Gasteiger partial charge in [0.1, 0.15) is 0 Å². The number of aromatic nitrogens is 2. The van der Waals surface area contributed by atoms with Crippen LogP contribution in [0.1, 0.15) is 39.0 Å². The van der Waals surface area contributed by atoms with Crippen LogP contribution in [0.4, 0.5) is 11.6 Å². The SMILES string of the molecule is CCC1CCCCC1Nc1nc2ccc(N)cc2c(=O)[nH]1. The molecular weight excluding hydrogens is 264 g/mol. The number of nitrogen functional groups attached to an aromatic ring is 1. The fraction of sp³-hybridized carbons (Fsp3) is 0.500. The lowest BCUT2D eigenvalue weighted by Gasteiger charge is -2.31. The molecule has 3 rings (SSSR count). The molecule has 21 heavy (non-hydrogen) atoms. The van der Waals surface area contributed by atoms with Gasteiger partial charge >= 0.3 is 0 Å². The Morgan fingerprint density at radius 2 is 2.19 bits per heavy atom. The van der Waals surface area contributed by atoms with Crippen molar-refractivity contribution in [3.05, 3.63) is 28.6 Å². The van der Waals surface area contributed by atoms with Gasteiger partial charge in [0.05, 0.1) is 10.9 Å². The van der Waals surface area contributed by atoms with Gasteiger partial charge in [-0.05, 0) is 37.0 Å². The third-order valence-electron chi connectivity index (χ3n) is 4.48. The van der Waals surface area contributed by atoms with Crippen molar-refractivity contribution in [1.82, 2.24) is 9.97 Å². The van der Waals surface area contributed by atoms with Crippen LogP contribution >= 0.6 is 0 Å². The molecule has 1 fully saturated rings. The predicted octanol–water partition coefficient (Wildman–Crippen LogP) is 2.89. The molecule has 0 bridgehead atoms. The van der Waals surface area contributed by atoms with E-state index in [9.17, 15) is 4.79 Å². The number of fused-ring (bicyclic) bond motifs is 1. The highest BCUT2D eigenvalue weighted by Gasteiger charge is 2.24. The molecule has 5 heteroatoms. The molecule has 1 aromatic heterocycles. The van der Waals surface area contributed by atoms with Crippen LogP contribution in [0.25, 0.3) is 10.9 Å². The number of nitrogens with zero attached hydrogens (tertiary/aromatic N) is 1.